The summed E-state index contributed by atoms with van der Waals surface area (Å²) in [6.07, 6.45) is 3.65. The van der Waals surface area contributed by atoms with Crippen LogP contribution in [0.1, 0.15) is 30.1 Å². The Morgan fingerprint density at radius 1 is 1.32 bits per heavy atom. The average Bonchev–Trinajstić information content (AvgIpc) is 3.43. The summed E-state index contributed by atoms with van der Waals surface area (Å²) in [5, 5.41) is 2.79. The first-order chi connectivity index (χ1) is 11.8. The minimum Gasteiger partial charge on any atom is -0.452 e. The number of hydrogen-bond acceptors (Lipinski definition) is 5. The van der Waals surface area contributed by atoms with Gasteiger partial charge in [-0.15, -0.1) is 6.58 Å². The van der Waals surface area contributed by atoms with Gasteiger partial charge in [0.25, 0.3) is 5.91 Å². The monoisotopic (exact) mass is 366 g/mol. The van der Waals surface area contributed by atoms with Crippen LogP contribution in [0.25, 0.3) is 0 Å². The van der Waals surface area contributed by atoms with Gasteiger partial charge in [-0.1, -0.05) is 6.08 Å². The fourth-order valence-corrected chi connectivity index (χ4v) is 3.24. The van der Waals surface area contributed by atoms with E-state index in [1.54, 1.807) is 0 Å². The van der Waals surface area contributed by atoms with Crippen molar-refractivity contribution >= 4 is 21.9 Å². The first-order valence-corrected chi connectivity index (χ1v) is 9.49. The van der Waals surface area contributed by atoms with Crippen LogP contribution in [-0.4, -0.2) is 39.5 Å². The van der Waals surface area contributed by atoms with Gasteiger partial charge in [-0.25, -0.2) is 17.9 Å². The summed E-state index contributed by atoms with van der Waals surface area (Å²) in [5.41, 5.74) is 0.172. The second kappa shape index (κ2) is 8.26. The Kier molecular flexibility index (Phi) is 6.33. The van der Waals surface area contributed by atoms with E-state index in [2.05, 4.69) is 16.6 Å². The first-order valence-electron chi connectivity index (χ1n) is 8.00. The van der Waals surface area contributed by atoms with Gasteiger partial charge in [0, 0.05) is 12.6 Å². The van der Waals surface area contributed by atoms with Crippen LogP contribution in [0.15, 0.2) is 41.8 Å². The molecule has 1 aliphatic rings. The molecule has 0 aromatic heterocycles. The summed E-state index contributed by atoms with van der Waals surface area (Å²) >= 11 is 0. The van der Waals surface area contributed by atoms with Crippen molar-refractivity contribution < 1.29 is 22.7 Å². The molecule has 0 saturated heterocycles. The lowest BCUT2D eigenvalue weighted by Gasteiger charge is -2.12. The number of esters is 1. The van der Waals surface area contributed by atoms with E-state index in [0.29, 0.717) is 5.92 Å². The topological polar surface area (TPSA) is 102 Å². The number of carbonyl (C=O) groups excluding carboxylic acids is 2. The van der Waals surface area contributed by atoms with Crippen LogP contribution in [0.3, 0.4) is 0 Å². The molecule has 1 aromatic rings. The number of hydrogen-bond donors (Lipinski definition) is 2. The second-order valence-corrected chi connectivity index (χ2v) is 7.70. The molecule has 7 nitrogen and oxygen atoms in total. The summed E-state index contributed by atoms with van der Waals surface area (Å²) in [6, 6.07) is 5.37. The van der Waals surface area contributed by atoms with E-state index in [0.717, 1.165) is 12.8 Å². The van der Waals surface area contributed by atoms with Gasteiger partial charge in [-0.05, 0) is 49.9 Å². The van der Waals surface area contributed by atoms with Crippen LogP contribution in [0.2, 0.25) is 0 Å². The van der Waals surface area contributed by atoms with Crippen LogP contribution in [0.4, 0.5) is 0 Å². The molecule has 1 fully saturated rings. The zero-order valence-electron chi connectivity index (χ0n) is 14.0. The molecule has 0 unspecified atom stereocenters. The van der Waals surface area contributed by atoms with Crippen molar-refractivity contribution in [2.24, 2.45) is 5.92 Å². The number of amides is 1. The Morgan fingerprint density at radius 3 is 2.52 bits per heavy atom. The standard InChI is InChI=1S/C17H22N2O5S/c1-3-10-18-25(22,23)15-8-6-14(7-9-15)17(21)24-11-16(20)19-12(2)13-4-5-13/h3,6-9,12-13,18H,1,4-5,10-11H2,2H3,(H,19,20)/t12-/m0/s1. The van der Waals surface area contributed by atoms with E-state index in [9.17, 15) is 18.0 Å². The number of nitrogens with one attached hydrogen (secondary N) is 2. The maximum atomic E-state index is 11.9. The molecule has 1 saturated carbocycles. The van der Waals surface area contributed by atoms with Crippen molar-refractivity contribution in [1.82, 2.24) is 10.0 Å². The molecule has 0 spiro atoms. The van der Waals surface area contributed by atoms with Gasteiger partial charge < -0.3 is 10.1 Å². The van der Waals surface area contributed by atoms with E-state index in [1.165, 1.54) is 30.3 Å². The molecule has 0 heterocycles. The SMILES string of the molecule is C=CCNS(=O)(=O)c1ccc(C(=O)OCC(=O)N[C@@H](C)C2CC2)cc1. The van der Waals surface area contributed by atoms with Crippen LogP contribution < -0.4 is 10.0 Å². The number of carbonyl (C=O) groups is 2. The zero-order chi connectivity index (χ0) is 18.4. The van der Waals surface area contributed by atoms with Gasteiger partial charge in [-0.2, -0.15) is 0 Å². The molecule has 0 radical (unpaired) electrons. The van der Waals surface area contributed by atoms with E-state index < -0.39 is 16.0 Å². The van der Waals surface area contributed by atoms with Crippen LogP contribution in [-0.2, 0) is 19.6 Å². The van der Waals surface area contributed by atoms with Crippen molar-refractivity contribution in [3.05, 3.63) is 42.5 Å². The smallest absolute Gasteiger partial charge is 0.338 e. The molecule has 0 bridgehead atoms. The third kappa shape index (κ3) is 5.68. The summed E-state index contributed by atoms with van der Waals surface area (Å²) in [4.78, 5) is 23.7. The molecule has 25 heavy (non-hydrogen) atoms. The van der Waals surface area contributed by atoms with Gasteiger partial charge >= 0.3 is 5.97 Å². The Bertz CT molecular complexity index is 739. The maximum Gasteiger partial charge on any atom is 0.338 e. The Hall–Kier alpha value is -2.19. The highest BCUT2D eigenvalue weighted by Gasteiger charge is 2.29. The largest absolute Gasteiger partial charge is 0.452 e. The molecule has 2 rings (SSSR count). The zero-order valence-corrected chi connectivity index (χ0v) is 14.8. The number of ether oxygens (including phenoxy) is 1. The molecule has 1 aliphatic carbocycles. The molecule has 1 aromatic carbocycles. The van der Waals surface area contributed by atoms with Gasteiger partial charge in [0.15, 0.2) is 6.61 Å². The van der Waals surface area contributed by atoms with Crippen molar-refractivity contribution in [3.8, 4) is 0 Å². The minimum absolute atomic E-state index is 0.0295. The summed E-state index contributed by atoms with van der Waals surface area (Å²) < 4.78 is 31.1. The average molecular weight is 366 g/mol. The van der Waals surface area contributed by atoms with Crippen molar-refractivity contribution in [2.75, 3.05) is 13.2 Å². The number of benzene rings is 1. The summed E-state index contributed by atoms with van der Waals surface area (Å²) in [5.74, 6) is -0.512. The Labute approximate surface area is 147 Å². The molecule has 1 amide bonds. The fourth-order valence-electron chi connectivity index (χ4n) is 2.25. The molecular formula is C17H22N2O5S. The molecule has 0 aliphatic heterocycles. The molecule has 136 valence electrons. The van der Waals surface area contributed by atoms with E-state index >= 15 is 0 Å². The third-order valence-corrected chi connectivity index (χ3v) is 5.31. The highest BCUT2D eigenvalue weighted by atomic mass is 32.2. The summed E-state index contributed by atoms with van der Waals surface area (Å²) in [6.45, 7) is 5.11. The Balaban J connectivity index is 1.87. The predicted molar refractivity (Wildman–Crippen MR) is 92.4 cm³/mol. The van der Waals surface area contributed by atoms with Crippen LogP contribution in [0, 0.1) is 5.92 Å². The van der Waals surface area contributed by atoms with E-state index in [4.69, 9.17) is 4.74 Å². The number of sulfonamides is 1. The lowest BCUT2D eigenvalue weighted by Crippen LogP contribution is -2.37. The quantitative estimate of drug-likeness (QED) is 0.505. The minimum atomic E-state index is -3.64. The van der Waals surface area contributed by atoms with Gasteiger partial charge in [-0.3, -0.25) is 4.79 Å². The lowest BCUT2D eigenvalue weighted by molar-refractivity contribution is -0.124. The molecule has 8 heteroatoms. The first kappa shape index (κ1) is 19.1. The Morgan fingerprint density at radius 2 is 1.96 bits per heavy atom. The van der Waals surface area contributed by atoms with Crippen LogP contribution in [0.5, 0.6) is 0 Å². The molecular weight excluding hydrogens is 344 g/mol. The van der Waals surface area contributed by atoms with Crippen molar-refractivity contribution in [3.63, 3.8) is 0 Å². The van der Waals surface area contributed by atoms with E-state index in [1.807, 2.05) is 6.92 Å². The summed E-state index contributed by atoms with van der Waals surface area (Å²) in [7, 11) is -3.64. The fraction of sp³-hybridized carbons (Fsp3) is 0.412. The van der Waals surface area contributed by atoms with Gasteiger partial charge in [0.2, 0.25) is 10.0 Å². The van der Waals surface area contributed by atoms with Crippen molar-refractivity contribution in [1.29, 1.82) is 0 Å². The highest BCUT2D eigenvalue weighted by molar-refractivity contribution is 7.89. The maximum absolute atomic E-state index is 11.9. The highest BCUT2D eigenvalue weighted by Crippen LogP contribution is 2.32. The van der Waals surface area contributed by atoms with Gasteiger partial charge in [0.05, 0.1) is 10.5 Å². The molecule has 1 atom stereocenters. The third-order valence-electron chi connectivity index (χ3n) is 3.87. The number of rotatable bonds is 9. The van der Waals surface area contributed by atoms with Crippen LogP contribution >= 0.6 is 0 Å². The lowest BCUT2D eigenvalue weighted by atomic mass is 10.2. The van der Waals surface area contributed by atoms with E-state index in [-0.39, 0.29) is 35.6 Å². The predicted octanol–water partition coefficient (Wildman–Crippen LogP) is 1.22. The van der Waals surface area contributed by atoms with Crippen molar-refractivity contribution in [2.45, 2.75) is 30.7 Å². The second-order valence-electron chi connectivity index (χ2n) is 5.93. The van der Waals surface area contributed by atoms with Gasteiger partial charge in [0.1, 0.15) is 0 Å². The molecule has 2 N–H and O–H groups in total. The normalized spacial score (nSPS) is 15.2.